The maximum Gasteiger partial charge on any atom is 0.433 e. The van der Waals surface area contributed by atoms with Gasteiger partial charge in [0.05, 0.1) is 17.5 Å². The minimum absolute atomic E-state index is 0.0633. The Morgan fingerprint density at radius 2 is 1.94 bits per heavy atom. The van der Waals surface area contributed by atoms with Crippen LogP contribution >= 0.6 is 0 Å². The van der Waals surface area contributed by atoms with E-state index < -0.39 is 11.9 Å². The predicted molar refractivity (Wildman–Crippen MR) is 130 cm³/mol. The van der Waals surface area contributed by atoms with E-state index in [0.29, 0.717) is 35.7 Å². The molecule has 0 bridgehead atoms. The van der Waals surface area contributed by atoms with Crippen molar-refractivity contribution < 1.29 is 17.9 Å². The van der Waals surface area contributed by atoms with Gasteiger partial charge in [0, 0.05) is 47.6 Å². The standard InChI is InChI=1S/C26H26F3N5O/c1-15(2)33-21-13-20(17-8-10-35-22(12-17)18-7-9-31-16(3)11-18)34-24(25(21)30-4)19-5-6-23(32-14-19)26(27,28)29/h5-7,9,11,13-14,17,22H,4,8,10,12H2,1-3H3/t17-,22+/m0/s1. The summed E-state index contributed by atoms with van der Waals surface area (Å²) in [5.74, 6) is 0.0633. The zero-order valence-electron chi connectivity index (χ0n) is 19.8. The number of aryl methyl sites for hydroxylation is 1. The Balaban J connectivity index is 1.77. The molecule has 4 heterocycles. The first-order valence-electron chi connectivity index (χ1n) is 11.3. The predicted octanol–water partition coefficient (Wildman–Crippen LogP) is 6.95. The fraction of sp³-hybridized carbons (Fsp3) is 0.346. The van der Waals surface area contributed by atoms with Crippen LogP contribution in [0, 0.1) is 6.92 Å². The average molecular weight is 482 g/mol. The van der Waals surface area contributed by atoms with Crippen molar-refractivity contribution in [2.75, 3.05) is 6.61 Å². The Morgan fingerprint density at radius 3 is 2.57 bits per heavy atom. The molecule has 0 aromatic carbocycles. The first-order valence-corrected chi connectivity index (χ1v) is 11.3. The molecule has 35 heavy (non-hydrogen) atoms. The van der Waals surface area contributed by atoms with Crippen molar-refractivity contribution in [3.63, 3.8) is 0 Å². The number of pyridine rings is 3. The molecule has 2 atom stereocenters. The molecule has 0 aliphatic carbocycles. The summed E-state index contributed by atoms with van der Waals surface area (Å²) in [5, 5.41) is 0. The number of ether oxygens (including phenoxy) is 1. The zero-order valence-corrected chi connectivity index (χ0v) is 19.8. The molecule has 1 aliphatic heterocycles. The number of rotatable bonds is 5. The van der Waals surface area contributed by atoms with Crippen molar-refractivity contribution >= 4 is 23.8 Å². The SMILES string of the molecule is C=Nc1c(N=C(C)C)cc([C@H]2CCO[C@@H](c3ccnc(C)c3)C2)nc1-c1ccc(C(F)(F)F)nc1. The molecule has 0 radical (unpaired) electrons. The molecule has 0 saturated carbocycles. The molecule has 0 spiro atoms. The lowest BCUT2D eigenvalue weighted by Gasteiger charge is -2.30. The topological polar surface area (TPSA) is 72.6 Å². The van der Waals surface area contributed by atoms with Crippen LogP contribution in [0.25, 0.3) is 11.3 Å². The minimum atomic E-state index is -4.52. The van der Waals surface area contributed by atoms with E-state index in [2.05, 4.69) is 26.7 Å². The molecule has 1 saturated heterocycles. The van der Waals surface area contributed by atoms with Crippen LogP contribution in [-0.2, 0) is 10.9 Å². The third-order valence-electron chi connectivity index (χ3n) is 5.82. The fourth-order valence-electron chi connectivity index (χ4n) is 4.20. The summed E-state index contributed by atoms with van der Waals surface area (Å²) in [7, 11) is 0. The van der Waals surface area contributed by atoms with Crippen LogP contribution in [0.5, 0.6) is 0 Å². The molecular weight excluding hydrogens is 455 g/mol. The van der Waals surface area contributed by atoms with Gasteiger partial charge in [-0.15, -0.1) is 0 Å². The van der Waals surface area contributed by atoms with Gasteiger partial charge in [-0.1, -0.05) is 0 Å². The molecule has 0 unspecified atom stereocenters. The van der Waals surface area contributed by atoms with Gasteiger partial charge in [-0.3, -0.25) is 24.9 Å². The second-order valence-electron chi connectivity index (χ2n) is 8.72. The van der Waals surface area contributed by atoms with E-state index in [-0.39, 0.29) is 12.0 Å². The van der Waals surface area contributed by atoms with E-state index in [4.69, 9.17) is 9.72 Å². The maximum atomic E-state index is 13.0. The van der Waals surface area contributed by atoms with E-state index >= 15 is 0 Å². The molecular formula is C26H26F3N5O. The summed E-state index contributed by atoms with van der Waals surface area (Å²) in [4.78, 5) is 21.5. The Kier molecular flexibility index (Phi) is 7.07. The Bertz CT molecular complexity index is 1250. The summed E-state index contributed by atoms with van der Waals surface area (Å²) < 4.78 is 45.2. The average Bonchev–Trinajstić information content (AvgIpc) is 2.83. The summed E-state index contributed by atoms with van der Waals surface area (Å²) in [5.41, 5.74) is 4.40. The monoisotopic (exact) mass is 481 g/mol. The van der Waals surface area contributed by atoms with E-state index in [1.54, 1.807) is 6.20 Å². The van der Waals surface area contributed by atoms with Crippen molar-refractivity contribution in [3.05, 3.63) is 65.4 Å². The fourth-order valence-corrected chi connectivity index (χ4v) is 4.20. The van der Waals surface area contributed by atoms with Gasteiger partial charge >= 0.3 is 6.18 Å². The summed E-state index contributed by atoms with van der Waals surface area (Å²) in [6, 6.07) is 8.16. The van der Waals surface area contributed by atoms with Gasteiger partial charge in [-0.2, -0.15) is 13.2 Å². The number of aliphatic imine (C=N–C) groups is 2. The first-order chi connectivity index (χ1) is 16.7. The largest absolute Gasteiger partial charge is 0.433 e. The second kappa shape index (κ2) is 10.0. The quantitative estimate of drug-likeness (QED) is 0.370. The van der Waals surface area contributed by atoms with Crippen LogP contribution in [0.2, 0.25) is 0 Å². The lowest BCUT2D eigenvalue weighted by molar-refractivity contribution is -0.141. The van der Waals surface area contributed by atoms with Crippen molar-refractivity contribution in [1.82, 2.24) is 15.0 Å². The van der Waals surface area contributed by atoms with Gasteiger partial charge in [-0.05, 0) is 76.2 Å². The van der Waals surface area contributed by atoms with Gasteiger partial charge in [0.15, 0.2) is 0 Å². The van der Waals surface area contributed by atoms with Crippen LogP contribution in [0.4, 0.5) is 24.5 Å². The number of hydrogen-bond acceptors (Lipinski definition) is 6. The van der Waals surface area contributed by atoms with Crippen molar-refractivity contribution in [3.8, 4) is 11.3 Å². The number of halogens is 3. The first kappa shape index (κ1) is 24.7. The van der Waals surface area contributed by atoms with Crippen LogP contribution in [-0.4, -0.2) is 34.0 Å². The molecule has 3 aromatic heterocycles. The Morgan fingerprint density at radius 1 is 1.14 bits per heavy atom. The highest BCUT2D eigenvalue weighted by atomic mass is 19.4. The Labute approximate surface area is 202 Å². The highest BCUT2D eigenvalue weighted by Crippen LogP contribution is 2.43. The smallest absolute Gasteiger partial charge is 0.373 e. The molecule has 1 fully saturated rings. The lowest BCUT2D eigenvalue weighted by Crippen LogP contribution is -2.19. The van der Waals surface area contributed by atoms with Crippen molar-refractivity contribution in [1.29, 1.82) is 0 Å². The maximum absolute atomic E-state index is 13.0. The van der Waals surface area contributed by atoms with Gasteiger partial charge in [0.1, 0.15) is 11.4 Å². The highest BCUT2D eigenvalue weighted by molar-refractivity contribution is 5.88. The zero-order chi connectivity index (χ0) is 25.2. The van der Waals surface area contributed by atoms with Crippen LogP contribution in [0.3, 0.4) is 0 Å². The van der Waals surface area contributed by atoms with Gasteiger partial charge in [-0.25, -0.2) is 0 Å². The molecule has 6 nitrogen and oxygen atoms in total. The molecule has 4 rings (SSSR count). The number of hydrogen-bond donors (Lipinski definition) is 0. The van der Waals surface area contributed by atoms with E-state index in [1.165, 1.54) is 12.3 Å². The molecule has 9 heteroatoms. The van der Waals surface area contributed by atoms with Crippen molar-refractivity contribution in [2.45, 2.75) is 51.8 Å². The van der Waals surface area contributed by atoms with Crippen LogP contribution in [0.1, 0.15) is 61.4 Å². The number of aromatic nitrogens is 3. The lowest BCUT2D eigenvalue weighted by atomic mass is 9.88. The molecule has 0 N–H and O–H groups in total. The number of nitrogens with zero attached hydrogens (tertiary/aromatic N) is 5. The normalized spacial score (nSPS) is 18.2. The molecule has 1 aliphatic rings. The van der Waals surface area contributed by atoms with Gasteiger partial charge < -0.3 is 4.74 Å². The van der Waals surface area contributed by atoms with Crippen LogP contribution < -0.4 is 0 Å². The second-order valence-corrected chi connectivity index (χ2v) is 8.72. The highest BCUT2D eigenvalue weighted by Gasteiger charge is 2.32. The Hall–Kier alpha value is -3.46. The molecule has 3 aromatic rings. The van der Waals surface area contributed by atoms with E-state index in [9.17, 15) is 13.2 Å². The third kappa shape index (κ3) is 5.62. The minimum Gasteiger partial charge on any atom is -0.373 e. The van der Waals surface area contributed by atoms with E-state index in [0.717, 1.165) is 35.2 Å². The van der Waals surface area contributed by atoms with Gasteiger partial charge in [0.2, 0.25) is 0 Å². The molecule has 0 amide bonds. The third-order valence-corrected chi connectivity index (χ3v) is 5.82. The number of alkyl halides is 3. The molecule has 182 valence electrons. The summed E-state index contributed by atoms with van der Waals surface area (Å²) in [6.07, 6.45) is -0.227. The summed E-state index contributed by atoms with van der Waals surface area (Å²) >= 11 is 0. The summed E-state index contributed by atoms with van der Waals surface area (Å²) in [6.45, 7) is 9.88. The van der Waals surface area contributed by atoms with Crippen LogP contribution in [0.15, 0.2) is 52.7 Å². The van der Waals surface area contributed by atoms with Crippen molar-refractivity contribution in [2.24, 2.45) is 9.98 Å². The van der Waals surface area contributed by atoms with Gasteiger partial charge in [0.25, 0.3) is 0 Å². The van der Waals surface area contributed by atoms with E-state index in [1.807, 2.05) is 39.0 Å².